The van der Waals surface area contributed by atoms with Crippen molar-refractivity contribution in [3.8, 4) is 16.9 Å². The van der Waals surface area contributed by atoms with Crippen molar-refractivity contribution in [1.82, 2.24) is 0 Å². The number of allylic oxidation sites excluding steroid dienone is 1. The van der Waals surface area contributed by atoms with Crippen molar-refractivity contribution in [3.63, 3.8) is 0 Å². The highest BCUT2D eigenvalue weighted by Crippen LogP contribution is 2.48. The number of hydrogen-bond acceptors (Lipinski definition) is 1. The lowest BCUT2D eigenvalue weighted by atomic mass is 9.89. The summed E-state index contributed by atoms with van der Waals surface area (Å²) in [6, 6.07) is 14.6. The summed E-state index contributed by atoms with van der Waals surface area (Å²) in [4.78, 5) is 0. The van der Waals surface area contributed by atoms with E-state index in [1.165, 1.54) is 62.6 Å². The van der Waals surface area contributed by atoms with Gasteiger partial charge in [0.25, 0.3) is 0 Å². The fourth-order valence-electron chi connectivity index (χ4n) is 5.58. The molecule has 2 unspecified atom stereocenters. The molecule has 0 radical (unpaired) electrons. The molecule has 160 valence electrons. The van der Waals surface area contributed by atoms with E-state index in [2.05, 4.69) is 41.7 Å². The minimum absolute atomic E-state index is 0.192. The van der Waals surface area contributed by atoms with Crippen LogP contribution in [0.3, 0.4) is 0 Å². The minimum atomic E-state index is -4.66. The van der Waals surface area contributed by atoms with Gasteiger partial charge in [0.2, 0.25) is 0 Å². The predicted molar refractivity (Wildman–Crippen MR) is 114 cm³/mol. The molecule has 2 aliphatic rings. The molecule has 4 rings (SSSR count). The maximum absolute atomic E-state index is 12.3. The third-order valence-corrected chi connectivity index (χ3v) is 7.01. The molecule has 4 heteroatoms. The second kappa shape index (κ2) is 8.87. The highest BCUT2D eigenvalue weighted by Gasteiger charge is 2.36. The first kappa shape index (κ1) is 21.0. The topological polar surface area (TPSA) is 9.23 Å². The largest absolute Gasteiger partial charge is 0.573 e. The minimum Gasteiger partial charge on any atom is -0.406 e. The van der Waals surface area contributed by atoms with Crippen molar-refractivity contribution in [3.05, 3.63) is 66.7 Å². The van der Waals surface area contributed by atoms with Crippen LogP contribution in [0.1, 0.15) is 56.4 Å². The van der Waals surface area contributed by atoms with Gasteiger partial charge in [0.1, 0.15) is 5.75 Å². The van der Waals surface area contributed by atoms with Crippen LogP contribution in [0.2, 0.25) is 0 Å². The van der Waals surface area contributed by atoms with Gasteiger partial charge in [0.15, 0.2) is 0 Å². The maximum Gasteiger partial charge on any atom is 0.573 e. The highest BCUT2D eigenvalue weighted by atomic mass is 19.4. The number of rotatable bonds is 5. The summed E-state index contributed by atoms with van der Waals surface area (Å²) in [5.74, 6) is 3.04. The third kappa shape index (κ3) is 5.08. The van der Waals surface area contributed by atoms with Crippen LogP contribution in [0, 0.1) is 17.8 Å². The van der Waals surface area contributed by atoms with Crippen LogP contribution in [0.15, 0.2) is 61.2 Å². The van der Waals surface area contributed by atoms with E-state index in [1.54, 1.807) is 12.1 Å². The van der Waals surface area contributed by atoms with Crippen LogP contribution >= 0.6 is 0 Å². The Morgan fingerprint density at radius 2 is 1.37 bits per heavy atom. The molecule has 2 aromatic rings. The molecule has 0 amide bonds. The number of benzene rings is 2. The first-order valence-electron chi connectivity index (χ1n) is 11.0. The third-order valence-electron chi connectivity index (χ3n) is 7.01. The number of ether oxygens (including phenoxy) is 1. The van der Waals surface area contributed by atoms with Crippen molar-refractivity contribution < 1.29 is 17.9 Å². The molecule has 0 bridgehead atoms. The Kier molecular flexibility index (Phi) is 6.21. The molecule has 30 heavy (non-hydrogen) atoms. The lowest BCUT2D eigenvalue weighted by molar-refractivity contribution is -0.274. The molecule has 0 saturated heterocycles. The normalized spacial score (nSPS) is 26.6. The monoisotopic (exact) mass is 414 g/mol. The van der Waals surface area contributed by atoms with Gasteiger partial charge in [-0.1, -0.05) is 42.5 Å². The number of fused-ring (bicyclic) bond motifs is 1. The fraction of sp³-hybridized carbons (Fsp3) is 0.462. The Morgan fingerprint density at radius 3 is 1.87 bits per heavy atom. The van der Waals surface area contributed by atoms with Crippen molar-refractivity contribution in [2.45, 2.75) is 57.2 Å². The van der Waals surface area contributed by atoms with Crippen LogP contribution in [0.4, 0.5) is 13.2 Å². The van der Waals surface area contributed by atoms with E-state index in [1.807, 2.05) is 0 Å². The van der Waals surface area contributed by atoms with E-state index < -0.39 is 6.36 Å². The van der Waals surface area contributed by atoms with Crippen LogP contribution in [0.25, 0.3) is 11.1 Å². The molecule has 2 aliphatic carbocycles. The number of hydrogen-bond donors (Lipinski definition) is 0. The Labute approximate surface area is 177 Å². The Balaban J connectivity index is 1.38. The molecule has 2 aromatic carbocycles. The molecule has 0 N–H and O–H groups in total. The van der Waals surface area contributed by atoms with Gasteiger partial charge in [0, 0.05) is 0 Å². The first-order valence-corrected chi connectivity index (χ1v) is 11.0. The van der Waals surface area contributed by atoms with Gasteiger partial charge in [-0.05, 0) is 97.4 Å². The van der Waals surface area contributed by atoms with E-state index >= 15 is 0 Å². The maximum atomic E-state index is 12.3. The summed E-state index contributed by atoms with van der Waals surface area (Å²) >= 11 is 0. The molecule has 1 nitrogen and oxygen atoms in total. The molecule has 2 fully saturated rings. The second-order valence-corrected chi connectivity index (χ2v) is 8.93. The summed E-state index contributed by atoms with van der Waals surface area (Å²) in [6.45, 7) is 3.91. The molecule has 0 aliphatic heterocycles. The summed E-state index contributed by atoms with van der Waals surface area (Å²) in [5, 5.41) is 0. The van der Waals surface area contributed by atoms with Crippen molar-refractivity contribution in [2.75, 3.05) is 0 Å². The van der Waals surface area contributed by atoms with E-state index in [0.717, 1.165) is 28.9 Å². The molecule has 2 saturated carbocycles. The standard InChI is InChI=1S/C26H29F3O/c1-2-3-18-16-23-10-8-21(9-11-24(23)17-18)19-4-6-20(7-5-19)22-12-14-25(15-13-22)30-26(27,28)29/h2,4-7,12-15,18,21,23-24H,1,3,8-11,16-17H2. The van der Waals surface area contributed by atoms with E-state index in [4.69, 9.17) is 0 Å². The Bertz CT molecular complexity index is 822. The van der Waals surface area contributed by atoms with Gasteiger partial charge >= 0.3 is 6.36 Å². The molecule has 0 spiro atoms. The Morgan fingerprint density at radius 1 is 0.833 bits per heavy atom. The van der Waals surface area contributed by atoms with Crippen molar-refractivity contribution >= 4 is 0 Å². The van der Waals surface area contributed by atoms with E-state index in [0.29, 0.717) is 5.92 Å². The van der Waals surface area contributed by atoms with Gasteiger partial charge in [0.05, 0.1) is 0 Å². The zero-order chi connectivity index (χ0) is 21.1. The molecular weight excluding hydrogens is 385 g/mol. The lowest BCUT2D eigenvalue weighted by Gasteiger charge is -2.17. The van der Waals surface area contributed by atoms with Crippen LogP contribution in [0.5, 0.6) is 5.75 Å². The van der Waals surface area contributed by atoms with Gasteiger partial charge in [-0.25, -0.2) is 0 Å². The fourth-order valence-corrected chi connectivity index (χ4v) is 5.58. The van der Waals surface area contributed by atoms with Crippen LogP contribution < -0.4 is 4.74 Å². The van der Waals surface area contributed by atoms with E-state index in [-0.39, 0.29) is 5.75 Å². The number of alkyl halides is 3. The SMILES string of the molecule is C=CCC1CC2CCC(c3ccc(-c4ccc(OC(F)(F)F)cc4)cc3)CCC2C1. The highest BCUT2D eigenvalue weighted by molar-refractivity contribution is 5.64. The molecule has 2 atom stereocenters. The van der Waals surface area contributed by atoms with Crippen LogP contribution in [-0.4, -0.2) is 6.36 Å². The molecular formula is C26H29F3O. The number of halogens is 3. The Hall–Kier alpha value is -2.23. The summed E-state index contributed by atoms with van der Waals surface area (Å²) in [5.41, 5.74) is 3.29. The second-order valence-electron chi connectivity index (χ2n) is 8.93. The summed E-state index contributed by atoms with van der Waals surface area (Å²) in [7, 11) is 0. The quantitative estimate of drug-likeness (QED) is 0.449. The lowest BCUT2D eigenvalue weighted by Crippen LogP contribution is -2.16. The van der Waals surface area contributed by atoms with Gasteiger partial charge < -0.3 is 4.74 Å². The smallest absolute Gasteiger partial charge is 0.406 e. The first-order chi connectivity index (χ1) is 14.4. The molecule has 0 aromatic heterocycles. The van der Waals surface area contributed by atoms with Gasteiger partial charge in [-0.3, -0.25) is 0 Å². The predicted octanol–water partition coefficient (Wildman–Crippen LogP) is 8.13. The zero-order valence-electron chi connectivity index (χ0n) is 17.2. The van der Waals surface area contributed by atoms with E-state index in [9.17, 15) is 13.2 Å². The average Bonchev–Trinajstić information content (AvgIpc) is 2.99. The average molecular weight is 415 g/mol. The van der Waals surface area contributed by atoms with Gasteiger partial charge in [-0.15, -0.1) is 19.8 Å². The summed E-state index contributed by atoms with van der Waals surface area (Å²) < 4.78 is 40.9. The zero-order valence-corrected chi connectivity index (χ0v) is 17.2. The van der Waals surface area contributed by atoms with Crippen molar-refractivity contribution in [2.24, 2.45) is 17.8 Å². The van der Waals surface area contributed by atoms with Crippen molar-refractivity contribution in [1.29, 1.82) is 0 Å². The summed E-state index contributed by atoms with van der Waals surface area (Å²) in [6.07, 6.45) is 6.49. The van der Waals surface area contributed by atoms with Gasteiger partial charge in [-0.2, -0.15) is 0 Å². The van der Waals surface area contributed by atoms with Crippen LogP contribution in [-0.2, 0) is 0 Å². The molecule has 0 heterocycles.